The number of hydrogen-bond acceptors (Lipinski definition) is 4. The summed E-state index contributed by atoms with van der Waals surface area (Å²) < 4.78 is 0. The maximum atomic E-state index is 10.7. The Hall–Kier alpha value is -1.59. The summed E-state index contributed by atoms with van der Waals surface area (Å²) in [7, 11) is 0. The summed E-state index contributed by atoms with van der Waals surface area (Å²) in [6.45, 7) is 2.10. The molecule has 0 saturated heterocycles. The molecule has 0 spiro atoms. The van der Waals surface area contributed by atoms with Crippen LogP contribution in [0.25, 0.3) is 0 Å². The topological polar surface area (TPSA) is 100 Å². The van der Waals surface area contributed by atoms with Gasteiger partial charge in [0.1, 0.15) is 12.1 Å². The van der Waals surface area contributed by atoms with Crippen LogP contribution in [-0.4, -0.2) is 23.1 Å². The number of nitrogens with zero attached hydrogens (tertiary/aromatic N) is 2. The van der Waals surface area contributed by atoms with Crippen LogP contribution in [0.2, 0.25) is 0 Å². The zero-order valence-electron chi connectivity index (χ0n) is 8.94. The van der Waals surface area contributed by atoms with E-state index < -0.39 is 5.97 Å². The van der Waals surface area contributed by atoms with E-state index in [0.29, 0.717) is 6.42 Å². The van der Waals surface area contributed by atoms with Gasteiger partial charge in [0, 0.05) is 0 Å². The monoisotopic (exact) mass is 214 g/mol. The molecule has 0 rings (SSSR count). The lowest BCUT2D eigenvalue weighted by atomic mass is 10.1. The molecule has 0 aliphatic carbocycles. The third kappa shape index (κ3) is 7.48. The summed E-state index contributed by atoms with van der Waals surface area (Å²) in [6, 6.07) is 0. The number of carbonyl (C=O) groups is 1. The predicted octanol–water partition coefficient (Wildman–Crippen LogP) is 0.889. The van der Waals surface area contributed by atoms with E-state index in [1.807, 2.05) is 0 Å². The van der Waals surface area contributed by atoms with Crippen molar-refractivity contribution in [3.63, 3.8) is 0 Å². The normalized spacial score (nSPS) is 11.9. The average Bonchev–Trinajstić information content (AvgIpc) is 2.21. The van der Waals surface area contributed by atoms with Crippen LogP contribution in [0.15, 0.2) is 10.2 Å². The summed E-state index contributed by atoms with van der Waals surface area (Å²) >= 11 is 0. The van der Waals surface area contributed by atoms with Gasteiger partial charge in [0.15, 0.2) is 0 Å². The molecule has 0 radical (unpaired) electrons. The number of carboxylic acids is 1. The average molecular weight is 214 g/mol. The molecule has 6 nitrogen and oxygen atoms in total. The van der Waals surface area contributed by atoms with E-state index in [0.717, 1.165) is 32.0 Å². The van der Waals surface area contributed by atoms with Crippen LogP contribution in [0.1, 0.15) is 39.0 Å². The van der Waals surface area contributed by atoms with Crippen molar-refractivity contribution in [2.75, 3.05) is 0 Å². The predicted molar refractivity (Wildman–Crippen MR) is 59.6 cm³/mol. The van der Waals surface area contributed by atoms with Gasteiger partial charge in [0.05, 0.1) is 0 Å². The smallest absolute Gasteiger partial charge is 0.352 e. The van der Waals surface area contributed by atoms with E-state index in [9.17, 15) is 4.79 Å². The fraction of sp³-hybridized carbons (Fsp3) is 0.667. The Morgan fingerprint density at radius 2 is 2.20 bits per heavy atom. The quantitative estimate of drug-likeness (QED) is 0.184. The molecule has 6 heteroatoms. The standard InChI is InChI=1S/C9H18N4O2/c1-2-3-4-5-6-8(9(14)15)13-12-7-11-10/h7H,2-6,10H2,1H3,(H,11,12)(H,14,15). The highest BCUT2D eigenvalue weighted by Gasteiger charge is 2.08. The lowest BCUT2D eigenvalue weighted by molar-refractivity contribution is -0.129. The van der Waals surface area contributed by atoms with Gasteiger partial charge in [-0.3, -0.25) is 5.43 Å². The van der Waals surface area contributed by atoms with Gasteiger partial charge in [0.2, 0.25) is 0 Å². The van der Waals surface area contributed by atoms with E-state index in [2.05, 4.69) is 22.6 Å². The second kappa shape index (κ2) is 8.98. The lowest BCUT2D eigenvalue weighted by Gasteiger charge is -2.00. The van der Waals surface area contributed by atoms with Crippen molar-refractivity contribution in [1.82, 2.24) is 5.43 Å². The first-order chi connectivity index (χ1) is 7.22. The van der Waals surface area contributed by atoms with Gasteiger partial charge in [0.25, 0.3) is 0 Å². The molecule has 0 fully saturated rings. The minimum absolute atomic E-state index is 0.103. The summed E-state index contributed by atoms with van der Waals surface area (Å²) in [5, 5.41) is 15.6. The Kier molecular flexibility index (Phi) is 8.03. The van der Waals surface area contributed by atoms with E-state index in [1.54, 1.807) is 0 Å². The Bertz CT molecular complexity index is 238. The van der Waals surface area contributed by atoms with E-state index >= 15 is 0 Å². The SMILES string of the molecule is CCCCCCC(=NNC=NN)C(=O)O. The van der Waals surface area contributed by atoms with Gasteiger partial charge < -0.3 is 10.9 Å². The lowest BCUT2D eigenvalue weighted by Crippen LogP contribution is -2.18. The Morgan fingerprint density at radius 3 is 2.73 bits per heavy atom. The van der Waals surface area contributed by atoms with Gasteiger partial charge in [-0.1, -0.05) is 26.2 Å². The van der Waals surface area contributed by atoms with Gasteiger partial charge in [-0.15, -0.1) is 0 Å². The summed E-state index contributed by atoms with van der Waals surface area (Å²) in [5.74, 6) is 3.81. The van der Waals surface area contributed by atoms with Gasteiger partial charge in [-0.2, -0.15) is 10.2 Å². The molecule has 0 aliphatic heterocycles. The third-order valence-corrected chi connectivity index (χ3v) is 1.85. The Labute approximate surface area is 89.2 Å². The van der Waals surface area contributed by atoms with Crippen LogP contribution < -0.4 is 11.3 Å². The number of rotatable bonds is 8. The van der Waals surface area contributed by atoms with Crippen LogP contribution in [-0.2, 0) is 4.79 Å². The number of hydrazone groups is 2. The largest absolute Gasteiger partial charge is 0.477 e. The molecule has 0 aliphatic rings. The highest BCUT2D eigenvalue weighted by atomic mass is 16.4. The molecular weight excluding hydrogens is 196 g/mol. The fourth-order valence-electron chi connectivity index (χ4n) is 1.07. The minimum atomic E-state index is -1.01. The van der Waals surface area contributed by atoms with Crippen molar-refractivity contribution < 1.29 is 9.90 Å². The summed E-state index contributed by atoms with van der Waals surface area (Å²) in [5.41, 5.74) is 2.45. The first kappa shape index (κ1) is 13.4. The zero-order chi connectivity index (χ0) is 11.5. The molecule has 0 heterocycles. The molecule has 0 amide bonds. The van der Waals surface area contributed by atoms with Crippen LogP contribution >= 0.6 is 0 Å². The number of hydrogen-bond donors (Lipinski definition) is 3. The molecule has 0 bridgehead atoms. The number of unbranched alkanes of at least 4 members (excludes halogenated alkanes) is 3. The maximum Gasteiger partial charge on any atom is 0.352 e. The summed E-state index contributed by atoms with van der Waals surface area (Å²) in [6.07, 6.45) is 5.69. The van der Waals surface area contributed by atoms with Crippen molar-refractivity contribution in [2.45, 2.75) is 39.0 Å². The highest BCUT2D eigenvalue weighted by Crippen LogP contribution is 2.03. The van der Waals surface area contributed by atoms with Gasteiger partial charge in [-0.05, 0) is 12.8 Å². The molecule has 15 heavy (non-hydrogen) atoms. The number of nitrogens with two attached hydrogens (primary N) is 1. The number of aliphatic carboxylic acids is 1. The van der Waals surface area contributed by atoms with Crippen LogP contribution in [0, 0.1) is 0 Å². The Morgan fingerprint density at radius 1 is 1.47 bits per heavy atom. The van der Waals surface area contributed by atoms with Crippen molar-refractivity contribution in [1.29, 1.82) is 0 Å². The van der Waals surface area contributed by atoms with Crippen molar-refractivity contribution in [3.8, 4) is 0 Å². The van der Waals surface area contributed by atoms with E-state index in [1.165, 1.54) is 0 Å². The highest BCUT2D eigenvalue weighted by molar-refractivity contribution is 6.35. The van der Waals surface area contributed by atoms with Gasteiger partial charge in [-0.25, -0.2) is 4.79 Å². The van der Waals surface area contributed by atoms with E-state index in [4.69, 9.17) is 10.9 Å². The molecule has 0 atom stereocenters. The van der Waals surface area contributed by atoms with Crippen molar-refractivity contribution >= 4 is 18.0 Å². The van der Waals surface area contributed by atoms with Crippen molar-refractivity contribution in [3.05, 3.63) is 0 Å². The second-order valence-corrected chi connectivity index (χ2v) is 3.08. The van der Waals surface area contributed by atoms with Gasteiger partial charge >= 0.3 is 5.97 Å². The molecule has 0 aromatic heterocycles. The van der Waals surface area contributed by atoms with Crippen LogP contribution in [0.4, 0.5) is 0 Å². The first-order valence-corrected chi connectivity index (χ1v) is 4.99. The van der Waals surface area contributed by atoms with Crippen LogP contribution in [0.5, 0.6) is 0 Å². The summed E-state index contributed by atoms with van der Waals surface area (Å²) in [4.78, 5) is 10.7. The van der Waals surface area contributed by atoms with Crippen LogP contribution in [0.3, 0.4) is 0 Å². The fourth-order valence-corrected chi connectivity index (χ4v) is 1.07. The first-order valence-electron chi connectivity index (χ1n) is 4.99. The molecule has 0 saturated carbocycles. The molecule has 0 aromatic rings. The second-order valence-electron chi connectivity index (χ2n) is 3.08. The molecule has 4 N–H and O–H groups in total. The van der Waals surface area contributed by atoms with Crippen molar-refractivity contribution in [2.24, 2.45) is 16.0 Å². The molecule has 0 aromatic carbocycles. The van der Waals surface area contributed by atoms with E-state index in [-0.39, 0.29) is 5.71 Å². The molecule has 86 valence electrons. The number of nitrogens with one attached hydrogen (secondary N) is 1. The molecular formula is C9H18N4O2. The Balaban J connectivity index is 3.93. The zero-order valence-corrected chi connectivity index (χ0v) is 8.94. The minimum Gasteiger partial charge on any atom is -0.477 e. The maximum absolute atomic E-state index is 10.7. The molecule has 0 unspecified atom stereocenters. The number of carboxylic acid groups (broad SMARTS) is 1. The third-order valence-electron chi connectivity index (χ3n) is 1.85.